The van der Waals surface area contributed by atoms with Crippen molar-refractivity contribution >= 4 is 29.5 Å². The molecular weight excluding hydrogens is 414 g/mol. The first kappa shape index (κ1) is 21.9. The summed E-state index contributed by atoms with van der Waals surface area (Å²) in [5.41, 5.74) is 0.313. The number of thioether (sulfide) groups is 1. The van der Waals surface area contributed by atoms with Crippen LogP contribution in [0.3, 0.4) is 0 Å². The van der Waals surface area contributed by atoms with Crippen molar-refractivity contribution in [1.29, 1.82) is 0 Å². The summed E-state index contributed by atoms with van der Waals surface area (Å²) in [5, 5.41) is 4.68. The monoisotopic (exact) mass is 439 g/mol. The van der Waals surface area contributed by atoms with E-state index in [2.05, 4.69) is 10.1 Å². The number of carbonyl (C=O) groups excluding carboxylic acids is 1. The van der Waals surface area contributed by atoms with Gasteiger partial charge in [-0.15, -0.1) is 11.8 Å². The second-order valence-corrected chi connectivity index (χ2v) is 9.09. The number of rotatable bonds is 5. The molecule has 0 N–H and O–H groups in total. The predicted octanol–water partition coefficient (Wildman–Crippen LogP) is 5.03. The van der Waals surface area contributed by atoms with Gasteiger partial charge in [-0.05, 0) is 58.1 Å². The lowest BCUT2D eigenvalue weighted by atomic mass is 10.1. The molecule has 1 fully saturated rings. The van der Waals surface area contributed by atoms with E-state index in [-0.39, 0.29) is 18.8 Å². The number of piperidine rings is 1. The first-order valence-electron chi connectivity index (χ1n) is 9.51. The summed E-state index contributed by atoms with van der Waals surface area (Å²) in [6.07, 6.45) is 3.23. The van der Waals surface area contributed by atoms with E-state index in [0.29, 0.717) is 29.8 Å². The number of ether oxygens (including phenoxy) is 2. The lowest BCUT2D eigenvalue weighted by molar-refractivity contribution is -0.0231. The number of hydrogen-bond donors (Lipinski definition) is 0. The fourth-order valence-corrected chi connectivity index (χ4v) is 3.83. The van der Waals surface area contributed by atoms with Gasteiger partial charge in [0, 0.05) is 23.5 Å². The van der Waals surface area contributed by atoms with Crippen molar-refractivity contribution < 1.29 is 18.8 Å². The number of nitrogens with zero attached hydrogens (tertiary/aromatic N) is 3. The van der Waals surface area contributed by atoms with Crippen LogP contribution < -0.4 is 0 Å². The molecule has 1 saturated heterocycles. The van der Waals surface area contributed by atoms with E-state index in [1.54, 1.807) is 16.7 Å². The zero-order chi connectivity index (χ0) is 21.0. The lowest BCUT2D eigenvalue weighted by Gasteiger charge is -2.33. The van der Waals surface area contributed by atoms with Crippen molar-refractivity contribution in [2.75, 3.05) is 19.3 Å². The molecule has 0 unspecified atom stereocenters. The standard InChI is InChI=1S/C20H26ClN3O4S/c1-20(2,3)27-19(25)24-9-7-14(8-10-24)26-12-17-22-18(23-28-17)13-5-6-16(29-4)15(21)11-13/h5-6,11,14H,7-10,12H2,1-4H3. The molecule has 7 nitrogen and oxygen atoms in total. The minimum absolute atomic E-state index is 0.0411. The molecule has 9 heteroatoms. The van der Waals surface area contributed by atoms with Crippen LogP contribution in [-0.4, -0.2) is 52.2 Å². The number of carbonyl (C=O) groups is 1. The first-order chi connectivity index (χ1) is 13.7. The molecule has 1 aliphatic heterocycles. The van der Waals surface area contributed by atoms with Gasteiger partial charge >= 0.3 is 6.09 Å². The van der Waals surface area contributed by atoms with Gasteiger partial charge in [0.15, 0.2) is 0 Å². The number of likely N-dealkylation sites (tertiary alicyclic amines) is 1. The number of amides is 1. The Hall–Kier alpha value is -1.77. The summed E-state index contributed by atoms with van der Waals surface area (Å²) >= 11 is 7.83. The maximum atomic E-state index is 12.1. The van der Waals surface area contributed by atoms with Gasteiger partial charge in [-0.3, -0.25) is 0 Å². The minimum Gasteiger partial charge on any atom is -0.444 e. The fourth-order valence-electron chi connectivity index (χ4n) is 2.96. The second-order valence-electron chi connectivity index (χ2n) is 7.84. The fraction of sp³-hybridized carbons (Fsp3) is 0.550. The molecule has 1 aliphatic rings. The van der Waals surface area contributed by atoms with Gasteiger partial charge in [0.2, 0.25) is 5.82 Å². The average Bonchev–Trinajstić information content (AvgIpc) is 3.14. The Morgan fingerprint density at radius 1 is 1.34 bits per heavy atom. The van der Waals surface area contributed by atoms with Crippen LogP contribution in [0.2, 0.25) is 5.02 Å². The molecule has 1 aromatic heterocycles. The molecule has 0 radical (unpaired) electrons. The molecule has 1 amide bonds. The lowest BCUT2D eigenvalue weighted by Crippen LogP contribution is -2.43. The number of benzene rings is 1. The van der Waals surface area contributed by atoms with Gasteiger partial charge in [-0.1, -0.05) is 16.8 Å². The quantitative estimate of drug-likeness (QED) is 0.604. The largest absolute Gasteiger partial charge is 0.444 e. The van der Waals surface area contributed by atoms with Crippen LogP contribution in [0.15, 0.2) is 27.6 Å². The van der Waals surface area contributed by atoms with Gasteiger partial charge in [0.05, 0.1) is 11.1 Å². The van der Waals surface area contributed by atoms with Gasteiger partial charge in [0.1, 0.15) is 12.2 Å². The molecule has 0 atom stereocenters. The number of aromatic nitrogens is 2. The van der Waals surface area contributed by atoms with Crippen molar-refractivity contribution in [2.45, 2.75) is 56.8 Å². The van der Waals surface area contributed by atoms with E-state index in [4.69, 9.17) is 25.6 Å². The van der Waals surface area contributed by atoms with E-state index in [9.17, 15) is 4.79 Å². The summed E-state index contributed by atoms with van der Waals surface area (Å²) in [6.45, 7) is 7.05. The highest BCUT2D eigenvalue weighted by molar-refractivity contribution is 7.98. The highest BCUT2D eigenvalue weighted by atomic mass is 35.5. The van der Waals surface area contributed by atoms with Gasteiger partial charge < -0.3 is 18.9 Å². The highest BCUT2D eigenvalue weighted by Gasteiger charge is 2.27. The molecule has 158 valence electrons. The molecule has 1 aromatic carbocycles. The zero-order valence-electron chi connectivity index (χ0n) is 17.1. The van der Waals surface area contributed by atoms with Crippen LogP contribution in [0.4, 0.5) is 4.79 Å². The summed E-state index contributed by atoms with van der Waals surface area (Å²) in [6, 6.07) is 5.68. The average molecular weight is 440 g/mol. The Kier molecular flexibility index (Phi) is 7.08. The van der Waals surface area contributed by atoms with Gasteiger partial charge in [-0.25, -0.2) is 4.79 Å². The van der Waals surface area contributed by atoms with E-state index >= 15 is 0 Å². The Bertz CT molecular complexity index is 844. The van der Waals surface area contributed by atoms with Gasteiger partial charge in [-0.2, -0.15) is 4.98 Å². The number of hydrogen-bond acceptors (Lipinski definition) is 7. The Labute approximate surface area is 180 Å². The third-order valence-electron chi connectivity index (χ3n) is 4.41. The molecule has 0 aliphatic carbocycles. The van der Waals surface area contributed by atoms with Gasteiger partial charge in [0.25, 0.3) is 5.89 Å². The van der Waals surface area contributed by atoms with E-state index < -0.39 is 5.60 Å². The highest BCUT2D eigenvalue weighted by Crippen LogP contribution is 2.29. The maximum Gasteiger partial charge on any atom is 0.410 e. The molecule has 29 heavy (non-hydrogen) atoms. The van der Waals surface area contributed by atoms with Crippen molar-refractivity contribution in [3.63, 3.8) is 0 Å². The normalized spacial score (nSPS) is 15.6. The van der Waals surface area contributed by atoms with E-state index in [1.807, 2.05) is 45.2 Å². The Morgan fingerprint density at radius 3 is 2.69 bits per heavy atom. The Morgan fingerprint density at radius 2 is 2.07 bits per heavy atom. The van der Waals surface area contributed by atoms with Crippen LogP contribution in [-0.2, 0) is 16.1 Å². The van der Waals surface area contributed by atoms with Crippen molar-refractivity contribution in [3.05, 3.63) is 29.1 Å². The van der Waals surface area contributed by atoms with Crippen molar-refractivity contribution in [1.82, 2.24) is 15.0 Å². The minimum atomic E-state index is -0.486. The second kappa shape index (κ2) is 9.36. The van der Waals surface area contributed by atoms with Crippen molar-refractivity contribution in [3.8, 4) is 11.4 Å². The molecule has 2 aromatic rings. The summed E-state index contributed by atoms with van der Waals surface area (Å²) in [4.78, 5) is 19.2. The summed E-state index contributed by atoms with van der Waals surface area (Å²) in [7, 11) is 0. The zero-order valence-corrected chi connectivity index (χ0v) is 18.7. The van der Waals surface area contributed by atoms with Crippen LogP contribution in [0.5, 0.6) is 0 Å². The Balaban J connectivity index is 1.48. The van der Waals surface area contributed by atoms with Crippen molar-refractivity contribution in [2.24, 2.45) is 0 Å². The van der Waals surface area contributed by atoms with Crippen LogP contribution >= 0.6 is 23.4 Å². The molecule has 3 rings (SSSR count). The summed E-state index contributed by atoms with van der Waals surface area (Å²) in [5.74, 6) is 0.900. The topological polar surface area (TPSA) is 77.7 Å². The third kappa shape index (κ3) is 6.10. The molecule has 0 spiro atoms. The maximum absolute atomic E-state index is 12.1. The molecule has 2 heterocycles. The predicted molar refractivity (Wildman–Crippen MR) is 112 cm³/mol. The number of halogens is 1. The smallest absolute Gasteiger partial charge is 0.410 e. The first-order valence-corrected chi connectivity index (χ1v) is 11.1. The molecule has 0 bridgehead atoms. The molecule has 0 saturated carbocycles. The van der Waals surface area contributed by atoms with Crippen LogP contribution in [0.1, 0.15) is 39.5 Å². The SMILES string of the molecule is CSc1ccc(-c2noc(COC3CCN(C(=O)OC(C)(C)C)CC3)n2)cc1Cl. The van der Waals surface area contributed by atoms with E-state index in [0.717, 1.165) is 23.3 Å². The van der Waals surface area contributed by atoms with E-state index in [1.165, 1.54) is 0 Å². The third-order valence-corrected chi connectivity index (χ3v) is 5.63. The summed E-state index contributed by atoms with van der Waals surface area (Å²) < 4.78 is 16.6. The van der Waals surface area contributed by atoms with Crippen LogP contribution in [0, 0.1) is 0 Å². The molecular formula is C20H26ClN3O4S. The van der Waals surface area contributed by atoms with Crippen LogP contribution in [0.25, 0.3) is 11.4 Å².